The monoisotopic (exact) mass is 409 g/mol. The van der Waals surface area contributed by atoms with E-state index < -0.39 is 16.1 Å². The fourth-order valence-corrected chi connectivity index (χ4v) is 5.19. The number of carbonyl (C=O) groups is 2. The van der Waals surface area contributed by atoms with Crippen molar-refractivity contribution in [3.8, 4) is 0 Å². The van der Waals surface area contributed by atoms with Gasteiger partial charge in [-0.2, -0.15) is 4.31 Å². The minimum Gasteiger partial charge on any atom is -0.450 e. The zero-order chi connectivity index (χ0) is 20.1. The van der Waals surface area contributed by atoms with Crippen LogP contribution in [0.25, 0.3) is 0 Å². The molecule has 8 nitrogen and oxygen atoms in total. The van der Waals surface area contributed by atoms with E-state index in [9.17, 15) is 18.0 Å². The molecule has 0 unspecified atom stereocenters. The molecular formula is C19H27N3O5S. The van der Waals surface area contributed by atoms with Crippen molar-refractivity contribution >= 4 is 27.7 Å². The molecule has 1 atom stereocenters. The number of sulfonamides is 1. The number of piperidine rings is 1. The Morgan fingerprint density at radius 1 is 1.18 bits per heavy atom. The summed E-state index contributed by atoms with van der Waals surface area (Å²) in [6.07, 6.45) is 2.73. The lowest BCUT2D eigenvalue weighted by Crippen LogP contribution is -2.44. The lowest BCUT2D eigenvalue weighted by molar-refractivity contribution is -0.121. The predicted octanol–water partition coefficient (Wildman–Crippen LogP) is 2.28. The molecule has 0 saturated carbocycles. The highest BCUT2D eigenvalue weighted by atomic mass is 32.2. The quantitative estimate of drug-likeness (QED) is 0.805. The standard InChI is InChI=1S/C19H27N3O5S/c1-2-27-19(24)21-10-6-7-15(14-21)18(23)20-16-8-5-9-17(13-16)28(25,26)22-11-3-4-12-22/h5,8-9,13,15H,2-4,6-7,10-12,14H2,1H3,(H,20,23)/t15-/m1/s1. The van der Waals surface area contributed by atoms with E-state index in [1.165, 1.54) is 10.4 Å². The zero-order valence-corrected chi connectivity index (χ0v) is 16.9. The van der Waals surface area contributed by atoms with Crippen molar-refractivity contribution in [1.82, 2.24) is 9.21 Å². The maximum absolute atomic E-state index is 12.7. The highest BCUT2D eigenvalue weighted by molar-refractivity contribution is 7.89. The van der Waals surface area contributed by atoms with Crippen LogP contribution in [0.1, 0.15) is 32.6 Å². The molecule has 9 heteroatoms. The molecule has 1 aromatic carbocycles. The molecule has 1 N–H and O–H groups in total. The summed E-state index contributed by atoms with van der Waals surface area (Å²) >= 11 is 0. The van der Waals surface area contributed by atoms with E-state index in [1.54, 1.807) is 30.0 Å². The SMILES string of the molecule is CCOC(=O)N1CCC[C@@H](C(=O)Nc2cccc(S(=O)(=O)N3CCCC3)c2)C1. The Balaban J connectivity index is 1.66. The van der Waals surface area contributed by atoms with Gasteiger partial charge in [-0.15, -0.1) is 0 Å². The van der Waals surface area contributed by atoms with Gasteiger partial charge < -0.3 is 15.0 Å². The number of likely N-dealkylation sites (tertiary alicyclic amines) is 1. The largest absolute Gasteiger partial charge is 0.450 e. The van der Waals surface area contributed by atoms with Crippen LogP contribution in [-0.2, 0) is 19.6 Å². The van der Waals surface area contributed by atoms with Crippen molar-refractivity contribution in [2.75, 3.05) is 38.1 Å². The summed E-state index contributed by atoms with van der Waals surface area (Å²) in [7, 11) is -3.54. The number of carbonyl (C=O) groups excluding carboxylic acids is 2. The summed E-state index contributed by atoms with van der Waals surface area (Å²) in [5.74, 6) is -0.568. The first-order valence-corrected chi connectivity index (χ1v) is 11.2. The van der Waals surface area contributed by atoms with Crippen LogP contribution >= 0.6 is 0 Å². The van der Waals surface area contributed by atoms with Gasteiger partial charge in [0.15, 0.2) is 0 Å². The van der Waals surface area contributed by atoms with Gasteiger partial charge in [0.05, 0.1) is 17.4 Å². The Morgan fingerprint density at radius 2 is 1.93 bits per heavy atom. The van der Waals surface area contributed by atoms with E-state index in [-0.39, 0.29) is 16.7 Å². The van der Waals surface area contributed by atoms with Gasteiger partial charge in [0.1, 0.15) is 0 Å². The van der Waals surface area contributed by atoms with Crippen molar-refractivity contribution in [2.45, 2.75) is 37.5 Å². The van der Waals surface area contributed by atoms with E-state index in [2.05, 4.69) is 5.32 Å². The highest BCUT2D eigenvalue weighted by Gasteiger charge is 2.30. The molecule has 0 aliphatic carbocycles. The summed E-state index contributed by atoms with van der Waals surface area (Å²) in [5, 5.41) is 2.81. The normalized spacial score (nSPS) is 20.8. The maximum atomic E-state index is 12.7. The minimum atomic E-state index is -3.54. The van der Waals surface area contributed by atoms with Crippen LogP contribution in [0.5, 0.6) is 0 Å². The lowest BCUT2D eigenvalue weighted by Gasteiger charge is -2.31. The summed E-state index contributed by atoms with van der Waals surface area (Å²) in [6.45, 7) is 3.98. The molecule has 154 valence electrons. The minimum absolute atomic E-state index is 0.184. The predicted molar refractivity (Wildman–Crippen MR) is 104 cm³/mol. The van der Waals surface area contributed by atoms with Gasteiger partial charge in [0.2, 0.25) is 15.9 Å². The topological polar surface area (TPSA) is 96.0 Å². The molecule has 2 aliphatic rings. The van der Waals surface area contributed by atoms with Crippen LogP contribution in [0.3, 0.4) is 0 Å². The summed E-state index contributed by atoms with van der Waals surface area (Å²) in [6, 6.07) is 6.35. The van der Waals surface area contributed by atoms with Gasteiger partial charge in [-0.25, -0.2) is 13.2 Å². The summed E-state index contributed by atoms with van der Waals surface area (Å²) < 4.78 is 31.9. The molecule has 2 fully saturated rings. The fraction of sp³-hybridized carbons (Fsp3) is 0.579. The van der Waals surface area contributed by atoms with Gasteiger partial charge in [0, 0.05) is 31.9 Å². The summed E-state index contributed by atoms with van der Waals surface area (Å²) in [5.41, 5.74) is 0.443. The van der Waals surface area contributed by atoms with Gasteiger partial charge >= 0.3 is 6.09 Å². The first-order valence-electron chi connectivity index (χ1n) is 9.74. The first-order chi connectivity index (χ1) is 13.4. The third-order valence-electron chi connectivity index (χ3n) is 5.12. The average Bonchev–Trinajstić information content (AvgIpc) is 3.24. The maximum Gasteiger partial charge on any atom is 0.409 e. The number of anilines is 1. The second-order valence-corrected chi connectivity index (χ2v) is 9.05. The first kappa shape index (κ1) is 20.6. The highest BCUT2D eigenvalue weighted by Crippen LogP contribution is 2.24. The smallest absolute Gasteiger partial charge is 0.409 e. The average molecular weight is 410 g/mol. The van der Waals surface area contributed by atoms with E-state index in [0.29, 0.717) is 44.9 Å². The number of hydrogen-bond acceptors (Lipinski definition) is 5. The van der Waals surface area contributed by atoms with Crippen molar-refractivity contribution in [1.29, 1.82) is 0 Å². The van der Waals surface area contributed by atoms with Crippen molar-refractivity contribution in [3.05, 3.63) is 24.3 Å². The Bertz CT molecular complexity index is 821. The molecule has 3 rings (SSSR count). The van der Waals surface area contributed by atoms with E-state index in [1.807, 2.05) is 0 Å². The Morgan fingerprint density at radius 3 is 2.64 bits per heavy atom. The zero-order valence-electron chi connectivity index (χ0n) is 16.1. The Kier molecular flexibility index (Phi) is 6.56. The third-order valence-corrected chi connectivity index (χ3v) is 7.02. The molecule has 2 saturated heterocycles. The van der Waals surface area contributed by atoms with Gasteiger partial charge in [-0.05, 0) is 50.8 Å². The molecule has 2 aliphatic heterocycles. The number of nitrogens with zero attached hydrogens (tertiary/aromatic N) is 2. The van der Waals surface area contributed by atoms with Crippen molar-refractivity contribution in [2.24, 2.45) is 5.92 Å². The molecule has 0 bridgehead atoms. The van der Waals surface area contributed by atoms with E-state index >= 15 is 0 Å². The number of ether oxygens (including phenoxy) is 1. The van der Waals surface area contributed by atoms with Gasteiger partial charge in [0.25, 0.3) is 0 Å². The Labute approximate surface area is 165 Å². The molecule has 0 radical (unpaired) electrons. The number of amides is 2. The molecule has 0 aromatic heterocycles. The van der Waals surface area contributed by atoms with E-state index in [4.69, 9.17) is 4.74 Å². The van der Waals surface area contributed by atoms with Crippen LogP contribution in [0.4, 0.5) is 10.5 Å². The van der Waals surface area contributed by atoms with Crippen molar-refractivity contribution < 1.29 is 22.7 Å². The third kappa shape index (κ3) is 4.64. The van der Waals surface area contributed by atoms with Crippen LogP contribution in [0, 0.1) is 5.92 Å². The second kappa shape index (κ2) is 8.91. The molecule has 2 heterocycles. The van der Waals surface area contributed by atoms with Gasteiger partial charge in [-0.3, -0.25) is 4.79 Å². The molecule has 0 spiro atoms. The number of benzene rings is 1. The number of rotatable bonds is 5. The van der Waals surface area contributed by atoms with Crippen LogP contribution < -0.4 is 5.32 Å². The summed E-state index contributed by atoms with van der Waals surface area (Å²) in [4.78, 5) is 26.3. The Hall–Kier alpha value is -2.13. The number of hydrogen-bond donors (Lipinski definition) is 1. The molecule has 2 amide bonds. The second-order valence-electron chi connectivity index (χ2n) is 7.11. The lowest BCUT2D eigenvalue weighted by atomic mass is 9.97. The van der Waals surface area contributed by atoms with Crippen molar-refractivity contribution in [3.63, 3.8) is 0 Å². The fourth-order valence-electron chi connectivity index (χ4n) is 3.63. The van der Waals surface area contributed by atoms with E-state index in [0.717, 1.165) is 19.3 Å². The van der Waals surface area contributed by atoms with Crippen LogP contribution in [0.15, 0.2) is 29.2 Å². The van der Waals surface area contributed by atoms with Gasteiger partial charge in [-0.1, -0.05) is 6.07 Å². The molecule has 1 aromatic rings. The molecule has 28 heavy (non-hydrogen) atoms. The molecular weight excluding hydrogens is 382 g/mol. The van der Waals surface area contributed by atoms with Crippen LogP contribution in [0.2, 0.25) is 0 Å². The number of nitrogens with one attached hydrogen (secondary N) is 1. The van der Waals surface area contributed by atoms with Crippen LogP contribution in [-0.4, -0.2) is 62.4 Å².